The SMILES string of the molecule is C=CCN1CCN([C@H](c2ccc(-c3nnnn3CCCC(=O)OCC)cc2)c2cccc(O[Si](C)(C)C(C)(C)C)c2)CC1. The van der Waals surface area contributed by atoms with Crippen molar-refractivity contribution in [3.63, 3.8) is 0 Å². The van der Waals surface area contributed by atoms with E-state index in [0.29, 0.717) is 31.8 Å². The molecular formula is C33H48N6O3Si. The zero-order chi connectivity index (χ0) is 31.0. The molecule has 9 nitrogen and oxygen atoms in total. The van der Waals surface area contributed by atoms with Crippen LogP contribution < -0.4 is 4.43 Å². The number of hydrogen-bond donors (Lipinski definition) is 0. The van der Waals surface area contributed by atoms with Gasteiger partial charge in [0.1, 0.15) is 5.75 Å². The lowest BCUT2D eigenvalue weighted by molar-refractivity contribution is -0.143. The first-order valence-electron chi connectivity index (χ1n) is 15.4. The van der Waals surface area contributed by atoms with Crippen molar-refractivity contribution in [3.8, 4) is 17.1 Å². The van der Waals surface area contributed by atoms with Crippen molar-refractivity contribution in [1.82, 2.24) is 30.0 Å². The number of ether oxygens (including phenoxy) is 1. The maximum atomic E-state index is 11.8. The quantitative estimate of drug-likeness (QED) is 0.134. The Balaban J connectivity index is 1.59. The van der Waals surface area contributed by atoms with Gasteiger partial charge >= 0.3 is 5.97 Å². The maximum absolute atomic E-state index is 11.8. The second-order valence-electron chi connectivity index (χ2n) is 12.7. The Morgan fingerprint density at radius 2 is 1.79 bits per heavy atom. The first kappa shape index (κ1) is 32.6. The summed E-state index contributed by atoms with van der Waals surface area (Å²) in [6, 6.07) is 17.3. The lowest BCUT2D eigenvalue weighted by atomic mass is 9.95. The molecule has 0 saturated carbocycles. The molecule has 0 unspecified atom stereocenters. The Morgan fingerprint density at radius 1 is 1.07 bits per heavy atom. The van der Waals surface area contributed by atoms with E-state index in [-0.39, 0.29) is 17.0 Å². The van der Waals surface area contributed by atoms with Crippen molar-refractivity contribution in [2.24, 2.45) is 0 Å². The van der Waals surface area contributed by atoms with Crippen LogP contribution in [0.1, 0.15) is 57.7 Å². The molecule has 0 spiro atoms. The molecule has 4 rings (SSSR count). The minimum atomic E-state index is -1.98. The molecule has 1 saturated heterocycles. The van der Waals surface area contributed by atoms with Gasteiger partial charge in [-0.3, -0.25) is 14.6 Å². The summed E-state index contributed by atoms with van der Waals surface area (Å²) in [6.45, 7) is 22.9. The first-order chi connectivity index (χ1) is 20.5. The van der Waals surface area contributed by atoms with Gasteiger partial charge in [0.05, 0.1) is 12.6 Å². The molecular weight excluding hydrogens is 556 g/mol. The van der Waals surface area contributed by atoms with Gasteiger partial charge < -0.3 is 9.16 Å². The molecule has 1 aromatic heterocycles. The standard InChI is InChI=1S/C33H48N6O3Si/c1-8-19-37-21-23-38(24-22-37)31(28-12-10-13-29(25-28)42-43(6,7)33(3,4)5)26-15-17-27(18-16-26)32-34-35-36-39(32)20-11-14-30(40)41-9-2/h8,10,12-13,15-18,25,31H,1,9,11,14,19-24H2,2-7H3/t31-/m1/s1. The molecule has 1 atom stereocenters. The van der Waals surface area contributed by atoms with Crippen molar-refractivity contribution >= 4 is 14.3 Å². The van der Waals surface area contributed by atoms with E-state index in [2.05, 4.69) is 114 Å². The Hall–Kier alpha value is -3.34. The van der Waals surface area contributed by atoms with E-state index >= 15 is 0 Å². The summed E-state index contributed by atoms with van der Waals surface area (Å²) in [7, 11) is -1.98. The second kappa shape index (κ2) is 14.4. The van der Waals surface area contributed by atoms with E-state index in [1.54, 1.807) is 4.68 Å². The van der Waals surface area contributed by atoms with Crippen molar-refractivity contribution in [3.05, 3.63) is 72.3 Å². The van der Waals surface area contributed by atoms with Gasteiger partial charge in [0, 0.05) is 51.3 Å². The summed E-state index contributed by atoms with van der Waals surface area (Å²) in [5, 5.41) is 12.5. The number of aromatic nitrogens is 4. The summed E-state index contributed by atoms with van der Waals surface area (Å²) in [4.78, 5) is 16.8. The number of esters is 1. The Bertz CT molecular complexity index is 1340. The van der Waals surface area contributed by atoms with E-state index in [9.17, 15) is 4.79 Å². The number of piperazine rings is 1. The van der Waals surface area contributed by atoms with Crippen LogP contribution >= 0.6 is 0 Å². The van der Waals surface area contributed by atoms with Crippen molar-refractivity contribution in [1.29, 1.82) is 0 Å². The monoisotopic (exact) mass is 604 g/mol. The van der Waals surface area contributed by atoms with Gasteiger partial charge in [-0.2, -0.15) is 0 Å². The van der Waals surface area contributed by atoms with Crippen LogP contribution in [0.3, 0.4) is 0 Å². The molecule has 3 aromatic rings. The summed E-state index contributed by atoms with van der Waals surface area (Å²) in [6.07, 6.45) is 2.94. The molecule has 0 radical (unpaired) electrons. The zero-order valence-electron chi connectivity index (χ0n) is 26.8. The molecule has 0 aliphatic carbocycles. The lowest BCUT2D eigenvalue weighted by Crippen LogP contribution is -2.47. The molecule has 0 bridgehead atoms. The summed E-state index contributed by atoms with van der Waals surface area (Å²) >= 11 is 0. The molecule has 2 heterocycles. The molecule has 2 aromatic carbocycles. The highest BCUT2D eigenvalue weighted by atomic mass is 28.4. The lowest BCUT2D eigenvalue weighted by Gasteiger charge is -2.40. The summed E-state index contributed by atoms with van der Waals surface area (Å²) < 4.78 is 13.5. The fraction of sp³-hybridized carbons (Fsp3) is 0.515. The molecule has 10 heteroatoms. The van der Waals surface area contributed by atoms with Crippen LogP contribution in [-0.4, -0.2) is 83.6 Å². The molecule has 232 valence electrons. The number of carbonyl (C=O) groups excluding carboxylic acids is 1. The normalized spacial score (nSPS) is 15.7. The van der Waals surface area contributed by atoms with E-state index in [4.69, 9.17) is 9.16 Å². The van der Waals surface area contributed by atoms with Gasteiger partial charge in [0.2, 0.25) is 8.32 Å². The minimum Gasteiger partial charge on any atom is -0.543 e. The number of nitrogens with zero attached hydrogens (tertiary/aromatic N) is 6. The average Bonchev–Trinajstić information content (AvgIpc) is 3.43. The Morgan fingerprint density at radius 3 is 2.44 bits per heavy atom. The number of aryl methyl sites for hydroxylation is 1. The van der Waals surface area contributed by atoms with E-state index in [1.807, 2.05) is 13.0 Å². The molecule has 1 aliphatic heterocycles. The number of carbonyl (C=O) groups is 1. The predicted molar refractivity (Wildman–Crippen MR) is 173 cm³/mol. The molecule has 0 amide bonds. The fourth-order valence-corrected chi connectivity index (χ4v) is 6.20. The molecule has 1 fully saturated rings. The topological polar surface area (TPSA) is 85.6 Å². The van der Waals surface area contributed by atoms with Crippen LogP contribution in [0.15, 0.2) is 61.2 Å². The van der Waals surface area contributed by atoms with E-state index in [0.717, 1.165) is 44.0 Å². The third-order valence-corrected chi connectivity index (χ3v) is 12.9. The largest absolute Gasteiger partial charge is 0.543 e. The van der Waals surface area contributed by atoms with Crippen LogP contribution in [-0.2, 0) is 16.1 Å². The second-order valence-corrected chi connectivity index (χ2v) is 17.4. The highest BCUT2D eigenvalue weighted by Crippen LogP contribution is 2.39. The third kappa shape index (κ3) is 8.40. The van der Waals surface area contributed by atoms with Gasteiger partial charge in [-0.05, 0) is 65.2 Å². The summed E-state index contributed by atoms with van der Waals surface area (Å²) in [5.74, 6) is 1.43. The van der Waals surface area contributed by atoms with Crippen LogP contribution in [0.4, 0.5) is 0 Å². The third-order valence-electron chi connectivity index (χ3n) is 8.59. The van der Waals surface area contributed by atoms with Crippen molar-refractivity contribution in [2.75, 3.05) is 39.3 Å². The Kier molecular flexibility index (Phi) is 10.9. The zero-order valence-corrected chi connectivity index (χ0v) is 27.8. The van der Waals surface area contributed by atoms with Gasteiger partial charge in [-0.25, -0.2) is 4.68 Å². The highest BCUT2D eigenvalue weighted by molar-refractivity contribution is 6.74. The molecule has 1 aliphatic rings. The number of benzene rings is 2. The first-order valence-corrected chi connectivity index (χ1v) is 18.3. The predicted octanol–water partition coefficient (Wildman–Crippen LogP) is 5.96. The van der Waals surface area contributed by atoms with Gasteiger partial charge in [0.15, 0.2) is 5.82 Å². The van der Waals surface area contributed by atoms with Crippen LogP contribution in [0.25, 0.3) is 11.4 Å². The fourth-order valence-electron chi connectivity index (χ4n) is 5.18. The number of hydrogen-bond acceptors (Lipinski definition) is 8. The van der Waals surface area contributed by atoms with Crippen molar-refractivity contribution < 1.29 is 14.0 Å². The molecule has 0 N–H and O–H groups in total. The van der Waals surface area contributed by atoms with Crippen LogP contribution in [0, 0.1) is 0 Å². The van der Waals surface area contributed by atoms with Crippen LogP contribution in [0.5, 0.6) is 5.75 Å². The maximum Gasteiger partial charge on any atom is 0.305 e. The van der Waals surface area contributed by atoms with E-state index in [1.165, 1.54) is 11.1 Å². The number of tetrazole rings is 1. The highest BCUT2D eigenvalue weighted by Gasteiger charge is 2.39. The average molecular weight is 605 g/mol. The smallest absolute Gasteiger partial charge is 0.305 e. The Labute approximate surface area is 258 Å². The van der Waals surface area contributed by atoms with Crippen LogP contribution in [0.2, 0.25) is 18.1 Å². The van der Waals surface area contributed by atoms with E-state index < -0.39 is 8.32 Å². The van der Waals surface area contributed by atoms with Crippen molar-refractivity contribution in [2.45, 2.75) is 71.3 Å². The van der Waals surface area contributed by atoms with Gasteiger partial charge in [0.25, 0.3) is 0 Å². The van der Waals surface area contributed by atoms with Gasteiger partial charge in [-0.15, -0.1) is 11.7 Å². The minimum absolute atomic E-state index is 0.0865. The summed E-state index contributed by atoms with van der Waals surface area (Å²) in [5.41, 5.74) is 3.38. The van der Waals surface area contributed by atoms with Gasteiger partial charge in [-0.1, -0.05) is 63.2 Å². The molecule has 43 heavy (non-hydrogen) atoms. The number of rotatable bonds is 13.